The first kappa shape index (κ1) is 28.0. The van der Waals surface area contributed by atoms with Crippen LogP contribution in [0.25, 0.3) is 0 Å². The maximum Gasteiger partial charge on any atom is 0.237 e. The number of hydrogen-bond donors (Lipinski definition) is 0. The number of likely N-dealkylation sites (tertiary alicyclic amines) is 1. The third-order valence-electron chi connectivity index (χ3n) is 7.67. The maximum absolute atomic E-state index is 14.5. The zero-order valence-electron chi connectivity index (χ0n) is 23.5. The largest absolute Gasteiger partial charge is 0.324 e. The molecule has 1 amide bonds. The number of nitrogens with zero attached hydrogens (tertiary/aromatic N) is 3. The minimum atomic E-state index is -1.51. The lowest BCUT2D eigenvalue weighted by molar-refractivity contribution is -0.153. The van der Waals surface area contributed by atoms with E-state index in [0.717, 1.165) is 16.7 Å². The van der Waals surface area contributed by atoms with Crippen LogP contribution in [0.15, 0.2) is 110 Å². The summed E-state index contributed by atoms with van der Waals surface area (Å²) in [6, 6.07) is 32.9. The normalized spacial score (nSPS) is 19.4. The van der Waals surface area contributed by atoms with Crippen LogP contribution in [0.4, 0.5) is 0 Å². The van der Waals surface area contributed by atoms with Gasteiger partial charge in [0.2, 0.25) is 5.91 Å². The van der Waals surface area contributed by atoms with Crippen LogP contribution in [-0.2, 0) is 9.54 Å². The number of Topliss-reactive ketones (excluding diaryl/α,β-unsaturated/α-hetero) is 1. The number of ketones is 1. The smallest absolute Gasteiger partial charge is 0.237 e. The zero-order chi connectivity index (χ0) is 28.5. The molecular formula is C33H34N3O2SSi. The molecule has 1 fully saturated rings. The number of benzene rings is 3. The Morgan fingerprint density at radius 1 is 0.825 bits per heavy atom. The van der Waals surface area contributed by atoms with Gasteiger partial charge in [0.1, 0.15) is 17.1 Å². The molecule has 1 aliphatic rings. The minimum absolute atomic E-state index is 0.108. The topological polar surface area (TPSA) is 63.2 Å². The fraction of sp³-hybridized carbons (Fsp3) is 0.273. The van der Waals surface area contributed by atoms with Crippen molar-refractivity contribution in [2.24, 2.45) is 0 Å². The molecule has 4 aromatic rings. The number of hydrogen-bond acceptors (Lipinski definition) is 5. The SMILES string of the molecule is C[Si](C)C1(C(=O)c2ccncn2)C(=O)N(C(C)(C)C)C1SC(c1ccccc1)(c1ccccc1)c1ccccc1. The van der Waals surface area contributed by atoms with Gasteiger partial charge in [0.05, 0.1) is 18.9 Å². The highest BCUT2D eigenvalue weighted by Gasteiger charge is 2.71. The van der Waals surface area contributed by atoms with Crippen molar-refractivity contribution in [2.75, 3.05) is 0 Å². The number of carbonyl (C=O) groups is 2. The summed E-state index contributed by atoms with van der Waals surface area (Å²) < 4.78 is -0.687. The highest BCUT2D eigenvalue weighted by molar-refractivity contribution is 8.01. The first-order chi connectivity index (χ1) is 19.1. The Labute approximate surface area is 242 Å². The molecule has 5 nitrogen and oxygen atoms in total. The van der Waals surface area contributed by atoms with Crippen LogP contribution >= 0.6 is 11.8 Å². The van der Waals surface area contributed by atoms with E-state index in [1.54, 1.807) is 24.0 Å². The van der Waals surface area contributed by atoms with Gasteiger partial charge < -0.3 is 4.90 Å². The molecule has 40 heavy (non-hydrogen) atoms. The molecule has 0 saturated carbocycles. The molecule has 5 rings (SSSR count). The van der Waals surface area contributed by atoms with Crippen molar-refractivity contribution in [2.45, 2.75) is 54.6 Å². The first-order valence-electron chi connectivity index (χ1n) is 13.4. The summed E-state index contributed by atoms with van der Waals surface area (Å²) in [6.07, 6.45) is 2.95. The molecule has 203 valence electrons. The average Bonchev–Trinajstić information content (AvgIpc) is 2.96. The standard InChI is InChI=1S/C33H34N3O2SSi/c1-31(2,3)36-29(38)33(40(4)5,28(37)27-21-22-34-23-35-27)30(36)39-32(24-15-9-6-10-16-24,25-17-11-7-12-18-25)26-19-13-8-14-20-26/h6-23,30H,1-5H3. The number of β-lactam (4-membered cyclic amide) rings is 1. The van der Waals surface area contributed by atoms with Gasteiger partial charge in [0, 0.05) is 11.7 Å². The predicted molar refractivity (Wildman–Crippen MR) is 164 cm³/mol. The average molecular weight is 565 g/mol. The maximum atomic E-state index is 14.5. The van der Waals surface area contributed by atoms with Gasteiger partial charge in [-0.2, -0.15) is 0 Å². The van der Waals surface area contributed by atoms with Crippen LogP contribution in [-0.4, -0.2) is 46.3 Å². The molecule has 1 radical (unpaired) electrons. The Morgan fingerprint density at radius 2 is 1.30 bits per heavy atom. The second-order valence-electron chi connectivity index (χ2n) is 11.3. The number of carbonyl (C=O) groups excluding carboxylic acids is 2. The quantitative estimate of drug-likeness (QED) is 0.0770. The third-order valence-corrected chi connectivity index (χ3v) is 12.0. The Balaban J connectivity index is 1.80. The van der Waals surface area contributed by atoms with E-state index in [9.17, 15) is 9.59 Å². The number of rotatable bonds is 8. The molecule has 2 heterocycles. The molecule has 3 aromatic carbocycles. The first-order valence-corrected chi connectivity index (χ1v) is 16.8. The summed E-state index contributed by atoms with van der Waals surface area (Å²) in [6.45, 7) is 10.3. The van der Waals surface area contributed by atoms with Crippen molar-refractivity contribution >= 4 is 32.2 Å². The van der Waals surface area contributed by atoms with E-state index in [-0.39, 0.29) is 11.7 Å². The lowest BCUT2D eigenvalue weighted by atomic mass is 9.83. The van der Waals surface area contributed by atoms with E-state index in [0.29, 0.717) is 5.69 Å². The molecule has 0 N–H and O–H groups in total. The third kappa shape index (κ3) is 4.41. The van der Waals surface area contributed by atoms with Crippen molar-refractivity contribution < 1.29 is 9.59 Å². The van der Waals surface area contributed by atoms with Crippen molar-refractivity contribution in [1.29, 1.82) is 0 Å². The second-order valence-corrected chi connectivity index (χ2v) is 15.4. The van der Waals surface area contributed by atoms with Crippen LogP contribution in [0, 0.1) is 0 Å². The Hall–Kier alpha value is -3.55. The summed E-state index contributed by atoms with van der Waals surface area (Å²) in [5, 5.41) is -1.62. The van der Waals surface area contributed by atoms with Gasteiger partial charge in [0.25, 0.3) is 0 Å². The lowest BCUT2D eigenvalue weighted by Gasteiger charge is -2.62. The number of amides is 1. The fourth-order valence-electron chi connectivity index (χ4n) is 5.74. The minimum Gasteiger partial charge on any atom is -0.324 e. The second kappa shape index (κ2) is 10.8. The monoisotopic (exact) mass is 564 g/mol. The molecule has 0 aliphatic carbocycles. The molecule has 7 heteroatoms. The summed E-state index contributed by atoms with van der Waals surface area (Å²) in [7, 11) is -1.51. The summed E-state index contributed by atoms with van der Waals surface area (Å²) >= 11 is 1.70. The Bertz CT molecular complexity index is 1380. The van der Waals surface area contributed by atoms with E-state index < -0.39 is 29.5 Å². The van der Waals surface area contributed by atoms with Crippen LogP contribution in [0.2, 0.25) is 18.1 Å². The summed E-state index contributed by atoms with van der Waals surface area (Å²) in [5.74, 6) is -0.317. The zero-order valence-corrected chi connectivity index (χ0v) is 25.4. The number of aromatic nitrogens is 2. The summed E-state index contributed by atoms with van der Waals surface area (Å²) in [4.78, 5) is 39.1. The van der Waals surface area contributed by atoms with Crippen molar-refractivity contribution in [1.82, 2.24) is 14.9 Å². The summed E-state index contributed by atoms with van der Waals surface area (Å²) in [5.41, 5.74) is 3.08. The van der Waals surface area contributed by atoms with Gasteiger partial charge in [-0.3, -0.25) is 9.59 Å². The number of thioether (sulfide) groups is 1. The fourth-order valence-corrected chi connectivity index (χ4v) is 10.4. The van der Waals surface area contributed by atoms with Crippen molar-refractivity contribution in [3.05, 3.63) is 132 Å². The van der Waals surface area contributed by atoms with Gasteiger partial charge in [-0.1, -0.05) is 104 Å². The molecule has 2 unspecified atom stereocenters. The van der Waals surface area contributed by atoms with E-state index in [1.165, 1.54) is 6.33 Å². The van der Waals surface area contributed by atoms with Crippen LogP contribution in [0.3, 0.4) is 0 Å². The van der Waals surface area contributed by atoms with Crippen molar-refractivity contribution in [3.63, 3.8) is 0 Å². The molecule has 0 bridgehead atoms. The molecular weight excluding hydrogens is 531 g/mol. The molecule has 1 aliphatic heterocycles. The highest BCUT2D eigenvalue weighted by Crippen LogP contribution is 2.63. The Morgan fingerprint density at radius 3 is 1.68 bits per heavy atom. The van der Waals surface area contributed by atoms with E-state index in [4.69, 9.17) is 0 Å². The van der Waals surface area contributed by atoms with Crippen molar-refractivity contribution in [3.8, 4) is 0 Å². The molecule has 1 saturated heterocycles. The van der Waals surface area contributed by atoms with Crippen LogP contribution in [0.1, 0.15) is 48.0 Å². The van der Waals surface area contributed by atoms with Gasteiger partial charge in [-0.25, -0.2) is 9.97 Å². The molecule has 2 atom stereocenters. The highest BCUT2D eigenvalue weighted by atomic mass is 32.2. The lowest BCUT2D eigenvalue weighted by Crippen LogP contribution is -2.75. The van der Waals surface area contributed by atoms with Gasteiger partial charge in [-0.05, 0) is 43.5 Å². The molecule has 0 spiro atoms. The van der Waals surface area contributed by atoms with Gasteiger partial charge in [0.15, 0.2) is 5.78 Å². The van der Waals surface area contributed by atoms with Crippen LogP contribution < -0.4 is 0 Å². The molecule has 1 aromatic heterocycles. The predicted octanol–water partition coefficient (Wildman–Crippen LogP) is 6.85. The van der Waals surface area contributed by atoms with E-state index >= 15 is 0 Å². The van der Waals surface area contributed by atoms with E-state index in [1.807, 2.05) is 43.9 Å². The van der Waals surface area contributed by atoms with Gasteiger partial charge in [-0.15, -0.1) is 11.8 Å². The van der Waals surface area contributed by atoms with Gasteiger partial charge >= 0.3 is 0 Å². The van der Waals surface area contributed by atoms with E-state index in [2.05, 4.69) is 95.9 Å². The van der Waals surface area contributed by atoms with Crippen LogP contribution in [0.5, 0.6) is 0 Å². The Kier molecular flexibility index (Phi) is 7.55.